The van der Waals surface area contributed by atoms with Gasteiger partial charge in [-0.05, 0) is 29.7 Å². The second-order valence-electron chi connectivity index (χ2n) is 5.51. The number of aromatic amines is 1. The fourth-order valence-corrected chi connectivity index (χ4v) is 2.46. The number of hydrogen-bond acceptors (Lipinski definition) is 3. The number of nitrogens with one attached hydrogen (secondary N) is 2. The van der Waals surface area contributed by atoms with Crippen molar-refractivity contribution in [2.45, 2.75) is 6.42 Å². The molecule has 6 heteroatoms. The van der Waals surface area contributed by atoms with Crippen molar-refractivity contribution in [1.82, 2.24) is 20.1 Å². The fourth-order valence-electron chi connectivity index (χ4n) is 2.46. The van der Waals surface area contributed by atoms with E-state index in [1.54, 1.807) is 23.0 Å². The van der Waals surface area contributed by atoms with Gasteiger partial charge in [0.2, 0.25) is 0 Å². The van der Waals surface area contributed by atoms with Gasteiger partial charge in [0, 0.05) is 25.5 Å². The van der Waals surface area contributed by atoms with Crippen molar-refractivity contribution in [2.75, 3.05) is 6.54 Å². The van der Waals surface area contributed by atoms with Crippen molar-refractivity contribution in [3.63, 3.8) is 0 Å². The third-order valence-corrected chi connectivity index (χ3v) is 3.70. The highest BCUT2D eigenvalue weighted by Gasteiger charge is 2.11. The summed E-state index contributed by atoms with van der Waals surface area (Å²) in [5.74, 6) is -0.375. The van der Waals surface area contributed by atoms with E-state index in [0.29, 0.717) is 18.7 Å². The van der Waals surface area contributed by atoms with Gasteiger partial charge in [-0.1, -0.05) is 30.3 Å². The van der Waals surface area contributed by atoms with Crippen LogP contribution in [0.2, 0.25) is 0 Å². The molecule has 6 nitrogen and oxygen atoms in total. The van der Waals surface area contributed by atoms with Gasteiger partial charge in [0.25, 0.3) is 11.5 Å². The number of amides is 1. The summed E-state index contributed by atoms with van der Waals surface area (Å²) < 4.78 is 1.71. The first-order chi connectivity index (χ1) is 11.6. The van der Waals surface area contributed by atoms with Gasteiger partial charge in [-0.2, -0.15) is 5.10 Å². The van der Waals surface area contributed by atoms with Crippen LogP contribution in [0.1, 0.15) is 15.9 Å². The summed E-state index contributed by atoms with van der Waals surface area (Å²) in [7, 11) is 1.84. The molecule has 122 valence electrons. The van der Waals surface area contributed by atoms with E-state index in [1.807, 2.05) is 43.6 Å². The second-order valence-corrected chi connectivity index (χ2v) is 5.51. The Morgan fingerprint density at radius 2 is 2.00 bits per heavy atom. The number of pyridine rings is 1. The fraction of sp³-hybridized carbons (Fsp3) is 0.167. The molecule has 0 spiro atoms. The molecule has 1 aromatic carbocycles. The largest absolute Gasteiger partial charge is 0.352 e. The third-order valence-electron chi connectivity index (χ3n) is 3.70. The second kappa shape index (κ2) is 6.95. The van der Waals surface area contributed by atoms with E-state index in [4.69, 9.17) is 0 Å². The zero-order chi connectivity index (χ0) is 16.9. The van der Waals surface area contributed by atoms with Crippen molar-refractivity contribution < 1.29 is 4.79 Å². The van der Waals surface area contributed by atoms with Gasteiger partial charge in [-0.25, -0.2) is 0 Å². The van der Waals surface area contributed by atoms with Crippen LogP contribution in [-0.2, 0) is 13.5 Å². The minimum Gasteiger partial charge on any atom is -0.352 e. The van der Waals surface area contributed by atoms with Crippen molar-refractivity contribution in [3.05, 3.63) is 76.3 Å². The molecule has 2 aromatic heterocycles. The molecular weight excluding hydrogens is 304 g/mol. The summed E-state index contributed by atoms with van der Waals surface area (Å²) >= 11 is 0. The highest BCUT2D eigenvalue weighted by molar-refractivity contribution is 5.94. The van der Waals surface area contributed by atoms with E-state index in [2.05, 4.69) is 15.4 Å². The van der Waals surface area contributed by atoms with Gasteiger partial charge >= 0.3 is 0 Å². The number of rotatable bonds is 5. The van der Waals surface area contributed by atoms with Crippen LogP contribution in [0.15, 0.2) is 59.7 Å². The quantitative estimate of drug-likeness (QED) is 0.751. The van der Waals surface area contributed by atoms with Crippen molar-refractivity contribution in [2.24, 2.45) is 7.05 Å². The van der Waals surface area contributed by atoms with Crippen molar-refractivity contribution >= 4 is 5.91 Å². The van der Waals surface area contributed by atoms with Crippen LogP contribution < -0.4 is 10.9 Å². The smallest absolute Gasteiger partial charge is 0.261 e. The molecule has 0 aliphatic carbocycles. The van der Waals surface area contributed by atoms with Crippen LogP contribution in [0.3, 0.4) is 0 Å². The molecule has 0 unspecified atom stereocenters. The zero-order valence-electron chi connectivity index (χ0n) is 13.3. The highest BCUT2D eigenvalue weighted by Crippen LogP contribution is 2.14. The Bertz CT molecular complexity index is 897. The molecule has 0 saturated heterocycles. The van der Waals surface area contributed by atoms with E-state index < -0.39 is 5.56 Å². The summed E-state index contributed by atoms with van der Waals surface area (Å²) in [6, 6.07) is 12.8. The van der Waals surface area contributed by atoms with Crippen LogP contribution in [0.5, 0.6) is 0 Å². The maximum Gasteiger partial charge on any atom is 0.261 e. The Labute approximate surface area is 139 Å². The lowest BCUT2D eigenvalue weighted by Crippen LogP contribution is -2.31. The topological polar surface area (TPSA) is 79.8 Å². The first-order valence-electron chi connectivity index (χ1n) is 7.68. The molecule has 0 aliphatic heterocycles. The molecule has 0 fully saturated rings. The van der Waals surface area contributed by atoms with Gasteiger partial charge in [0.05, 0.1) is 6.20 Å². The lowest BCUT2D eigenvalue weighted by molar-refractivity contribution is 0.0952. The van der Waals surface area contributed by atoms with E-state index in [-0.39, 0.29) is 11.5 Å². The Morgan fingerprint density at radius 1 is 1.21 bits per heavy atom. The maximum atomic E-state index is 12.2. The average molecular weight is 322 g/mol. The van der Waals surface area contributed by atoms with Crippen LogP contribution >= 0.6 is 0 Å². The Kier molecular flexibility index (Phi) is 4.56. The Balaban J connectivity index is 1.66. The molecule has 24 heavy (non-hydrogen) atoms. The number of nitrogens with zero attached hydrogens (tertiary/aromatic N) is 2. The van der Waals surface area contributed by atoms with Crippen molar-refractivity contribution in [1.29, 1.82) is 0 Å². The summed E-state index contributed by atoms with van der Waals surface area (Å²) in [4.78, 5) is 27.1. The van der Waals surface area contributed by atoms with Crippen LogP contribution in [0.4, 0.5) is 0 Å². The lowest BCUT2D eigenvalue weighted by Gasteiger charge is -2.05. The molecule has 0 atom stereocenters. The number of aryl methyl sites for hydroxylation is 1. The Hall–Kier alpha value is -3.15. The standard InChI is InChI=1S/C18H18N4O2/c1-22-12-13(11-20-22)9-10-19-17(23)15-7-8-16(21-18(15)24)14-5-3-2-4-6-14/h2-8,11-12H,9-10H2,1H3,(H,19,23)(H,21,24). The van der Waals surface area contributed by atoms with Crippen LogP contribution in [-0.4, -0.2) is 27.2 Å². The third kappa shape index (κ3) is 3.60. The average Bonchev–Trinajstić information content (AvgIpc) is 3.00. The van der Waals surface area contributed by atoms with E-state index in [0.717, 1.165) is 11.1 Å². The molecule has 0 radical (unpaired) electrons. The van der Waals surface area contributed by atoms with E-state index in [9.17, 15) is 9.59 Å². The number of hydrogen-bond donors (Lipinski definition) is 2. The number of aromatic nitrogens is 3. The van der Waals surface area contributed by atoms with Crippen molar-refractivity contribution in [3.8, 4) is 11.3 Å². The number of H-pyrrole nitrogens is 1. The summed E-state index contributed by atoms with van der Waals surface area (Å²) in [6.07, 6.45) is 4.32. The maximum absolute atomic E-state index is 12.2. The van der Waals surface area contributed by atoms with E-state index >= 15 is 0 Å². The van der Waals surface area contributed by atoms with Gasteiger partial charge in [0.15, 0.2) is 0 Å². The van der Waals surface area contributed by atoms with Gasteiger partial charge in [0.1, 0.15) is 5.56 Å². The molecule has 1 amide bonds. The summed E-state index contributed by atoms with van der Waals surface area (Å²) in [5.41, 5.74) is 2.34. The van der Waals surface area contributed by atoms with Gasteiger partial charge in [-0.15, -0.1) is 0 Å². The minimum atomic E-state index is -0.393. The molecule has 0 aliphatic rings. The number of carbonyl (C=O) groups excluding carboxylic acids is 1. The molecule has 3 rings (SSSR count). The number of benzene rings is 1. The normalized spacial score (nSPS) is 10.5. The lowest BCUT2D eigenvalue weighted by atomic mass is 10.1. The molecule has 0 saturated carbocycles. The highest BCUT2D eigenvalue weighted by atomic mass is 16.2. The van der Waals surface area contributed by atoms with Gasteiger partial charge < -0.3 is 10.3 Å². The minimum absolute atomic E-state index is 0.112. The molecule has 3 aromatic rings. The molecule has 2 N–H and O–H groups in total. The van der Waals surface area contributed by atoms with Crippen LogP contribution in [0, 0.1) is 0 Å². The first-order valence-corrected chi connectivity index (χ1v) is 7.68. The number of carbonyl (C=O) groups is 1. The molecule has 2 heterocycles. The predicted octanol–water partition coefficient (Wildman–Crippen LogP) is 1.75. The van der Waals surface area contributed by atoms with Crippen LogP contribution in [0.25, 0.3) is 11.3 Å². The Morgan fingerprint density at radius 3 is 2.67 bits per heavy atom. The molecule has 0 bridgehead atoms. The van der Waals surface area contributed by atoms with Gasteiger partial charge in [-0.3, -0.25) is 14.3 Å². The zero-order valence-corrected chi connectivity index (χ0v) is 13.3. The van der Waals surface area contributed by atoms with E-state index in [1.165, 1.54) is 0 Å². The first kappa shape index (κ1) is 15.7. The summed E-state index contributed by atoms with van der Waals surface area (Å²) in [6.45, 7) is 0.449. The SMILES string of the molecule is Cn1cc(CCNC(=O)c2ccc(-c3ccccc3)[nH]c2=O)cn1. The predicted molar refractivity (Wildman–Crippen MR) is 91.7 cm³/mol. The molecular formula is C18H18N4O2. The summed E-state index contributed by atoms with van der Waals surface area (Å²) in [5, 5.41) is 6.83. The monoisotopic (exact) mass is 322 g/mol.